The number of aromatic carboxylic acids is 1. The molecule has 0 aliphatic carbocycles. The van der Waals surface area contributed by atoms with Crippen LogP contribution in [0.4, 0.5) is 0 Å². The van der Waals surface area contributed by atoms with Crippen molar-refractivity contribution in [3.63, 3.8) is 0 Å². The molecule has 2 N–H and O–H groups in total. The van der Waals surface area contributed by atoms with E-state index in [0.29, 0.717) is 25.2 Å². The highest BCUT2D eigenvalue weighted by molar-refractivity contribution is 5.91. The Hall–Kier alpha value is -3.05. The summed E-state index contributed by atoms with van der Waals surface area (Å²) < 4.78 is 7.41. The smallest absolute Gasteiger partial charge is 0.337 e. The molecule has 0 aliphatic heterocycles. The van der Waals surface area contributed by atoms with Gasteiger partial charge in [-0.15, -0.1) is 0 Å². The molecule has 0 unspecified atom stereocenters. The van der Waals surface area contributed by atoms with Crippen LogP contribution >= 0.6 is 0 Å². The SMILES string of the molecule is COc1cccc(Cn2c(C)c(CNCc3c(C)cc(C)cc3C)c(C(=O)O)c2C)c1. The van der Waals surface area contributed by atoms with Crippen molar-refractivity contribution in [2.24, 2.45) is 0 Å². The fourth-order valence-corrected chi connectivity index (χ4v) is 4.44. The van der Waals surface area contributed by atoms with Gasteiger partial charge < -0.3 is 19.7 Å². The predicted molar refractivity (Wildman–Crippen MR) is 124 cm³/mol. The van der Waals surface area contributed by atoms with Crippen LogP contribution in [0.15, 0.2) is 36.4 Å². The molecular formula is C26H32N2O3. The second-order valence-corrected chi connectivity index (χ2v) is 8.25. The van der Waals surface area contributed by atoms with Crippen molar-refractivity contribution in [2.75, 3.05) is 7.11 Å². The monoisotopic (exact) mass is 420 g/mol. The van der Waals surface area contributed by atoms with E-state index >= 15 is 0 Å². The Morgan fingerprint density at radius 1 is 0.968 bits per heavy atom. The number of aromatic nitrogens is 1. The van der Waals surface area contributed by atoms with E-state index in [2.05, 4.69) is 42.8 Å². The predicted octanol–water partition coefficient (Wildman–Crippen LogP) is 5.08. The first-order valence-corrected chi connectivity index (χ1v) is 10.5. The molecule has 31 heavy (non-hydrogen) atoms. The van der Waals surface area contributed by atoms with E-state index in [-0.39, 0.29) is 0 Å². The number of methoxy groups -OCH3 is 1. The molecule has 5 heteroatoms. The third-order valence-corrected chi connectivity index (χ3v) is 6.04. The molecule has 0 saturated carbocycles. The van der Waals surface area contributed by atoms with Gasteiger partial charge in [-0.05, 0) is 69.0 Å². The number of carboxylic acids is 1. The van der Waals surface area contributed by atoms with Crippen molar-refractivity contribution >= 4 is 5.97 Å². The minimum absolute atomic E-state index is 0.394. The molecule has 0 atom stereocenters. The molecule has 0 amide bonds. The van der Waals surface area contributed by atoms with Crippen molar-refractivity contribution in [3.8, 4) is 5.75 Å². The second-order valence-electron chi connectivity index (χ2n) is 8.25. The lowest BCUT2D eigenvalue weighted by molar-refractivity contribution is 0.0694. The molecule has 0 fully saturated rings. The number of nitrogens with one attached hydrogen (secondary N) is 1. The Bertz CT molecular complexity index is 1090. The normalized spacial score (nSPS) is 11.0. The van der Waals surface area contributed by atoms with Crippen LogP contribution in [-0.4, -0.2) is 22.8 Å². The maximum Gasteiger partial charge on any atom is 0.337 e. The summed E-state index contributed by atoms with van der Waals surface area (Å²) in [6.07, 6.45) is 0. The van der Waals surface area contributed by atoms with E-state index in [0.717, 1.165) is 28.3 Å². The molecule has 1 heterocycles. The summed E-state index contributed by atoms with van der Waals surface area (Å²) in [6, 6.07) is 12.3. The molecule has 0 bridgehead atoms. The summed E-state index contributed by atoms with van der Waals surface area (Å²) in [6.45, 7) is 12.0. The number of hydrogen-bond donors (Lipinski definition) is 2. The van der Waals surface area contributed by atoms with E-state index < -0.39 is 5.97 Å². The lowest BCUT2D eigenvalue weighted by Crippen LogP contribution is -2.17. The van der Waals surface area contributed by atoms with Crippen molar-refractivity contribution in [1.82, 2.24) is 9.88 Å². The van der Waals surface area contributed by atoms with Gasteiger partial charge in [0.2, 0.25) is 0 Å². The number of nitrogens with zero attached hydrogens (tertiary/aromatic N) is 1. The van der Waals surface area contributed by atoms with Crippen molar-refractivity contribution in [1.29, 1.82) is 0 Å². The van der Waals surface area contributed by atoms with Crippen molar-refractivity contribution in [2.45, 2.75) is 54.3 Å². The Kier molecular flexibility index (Phi) is 6.86. The third kappa shape index (κ3) is 4.83. The van der Waals surface area contributed by atoms with Crippen molar-refractivity contribution in [3.05, 3.63) is 86.7 Å². The molecule has 3 rings (SSSR count). The summed E-state index contributed by atoms with van der Waals surface area (Å²) >= 11 is 0. The molecule has 164 valence electrons. The Labute approximate surface area is 184 Å². The summed E-state index contributed by atoms with van der Waals surface area (Å²) in [5.41, 5.74) is 9.10. The average molecular weight is 421 g/mol. The molecule has 0 saturated heterocycles. The van der Waals surface area contributed by atoms with E-state index in [1.54, 1.807) is 7.11 Å². The lowest BCUT2D eigenvalue weighted by atomic mass is 9.99. The minimum atomic E-state index is -0.885. The zero-order chi connectivity index (χ0) is 22.7. The lowest BCUT2D eigenvalue weighted by Gasteiger charge is -2.13. The Morgan fingerprint density at radius 3 is 2.23 bits per heavy atom. The number of rotatable bonds is 8. The van der Waals surface area contributed by atoms with Crippen LogP contribution in [0.1, 0.15) is 55.1 Å². The van der Waals surface area contributed by atoms with Gasteiger partial charge in [-0.2, -0.15) is 0 Å². The number of aryl methyl sites for hydroxylation is 3. The van der Waals surface area contributed by atoms with Crippen LogP contribution in [-0.2, 0) is 19.6 Å². The van der Waals surface area contributed by atoms with Crippen LogP contribution in [0.5, 0.6) is 5.75 Å². The first-order chi connectivity index (χ1) is 14.7. The maximum absolute atomic E-state index is 12.1. The quantitative estimate of drug-likeness (QED) is 0.534. The van der Waals surface area contributed by atoms with Crippen molar-refractivity contribution < 1.29 is 14.6 Å². The molecule has 5 nitrogen and oxygen atoms in total. The molecule has 0 aliphatic rings. The number of hydrogen-bond acceptors (Lipinski definition) is 3. The van der Waals surface area contributed by atoms with Gasteiger partial charge in [0.05, 0.1) is 12.7 Å². The van der Waals surface area contributed by atoms with Crippen LogP contribution in [0.25, 0.3) is 0 Å². The highest BCUT2D eigenvalue weighted by Gasteiger charge is 2.22. The number of ether oxygens (including phenoxy) is 1. The summed E-state index contributed by atoms with van der Waals surface area (Å²) in [5, 5.41) is 13.4. The fourth-order valence-electron chi connectivity index (χ4n) is 4.44. The van der Waals surface area contributed by atoms with Gasteiger partial charge in [0.15, 0.2) is 0 Å². The highest BCUT2D eigenvalue weighted by atomic mass is 16.5. The fraction of sp³-hybridized carbons (Fsp3) is 0.346. The Morgan fingerprint density at radius 2 is 1.61 bits per heavy atom. The first-order valence-electron chi connectivity index (χ1n) is 10.5. The van der Waals surface area contributed by atoms with Crippen LogP contribution < -0.4 is 10.1 Å². The van der Waals surface area contributed by atoms with E-state index in [1.165, 1.54) is 22.3 Å². The average Bonchev–Trinajstić information content (AvgIpc) is 2.94. The highest BCUT2D eigenvalue weighted by Crippen LogP contribution is 2.25. The van der Waals surface area contributed by atoms with Gasteiger partial charge in [0.25, 0.3) is 0 Å². The summed E-state index contributed by atoms with van der Waals surface area (Å²) in [4.78, 5) is 12.1. The zero-order valence-electron chi connectivity index (χ0n) is 19.3. The summed E-state index contributed by atoms with van der Waals surface area (Å²) in [5.74, 6) is -0.0892. The Balaban J connectivity index is 1.86. The van der Waals surface area contributed by atoms with E-state index in [9.17, 15) is 9.90 Å². The maximum atomic E-state index is 12.1. The topological polar surface area (TPSA) is 63.5 Å². The van der Waals surface area contributed by atoms with Gasteiger partial charge in [0.1, 0.15) is 5.75 Å². The van der Waals surface area contributed by atoms with E-state index in [1.807, 2.05) is 38.1 Å². The van der Waals surface area contributed by atoms with Gasteiger partial charge in [0, 0.05) is 36.6 Å². The van der Waals surface area contributed by atoms with Gasteiger partial charge in [-0.1, -0.05) is 29.8 Å². The van der Waals surface area contributed by atoms with E-state index in [4.69, 9.17) is 4.74 Å². The van der Waals surface area contributed by atoms with Crippen LogP contribution in [0.3, 0.4) is 0 Å². The van der Waals surface area contributed by atoms with Crippen LogP contribution in [0.2, 0.25) is 0 Å². The number of carbonyl (C=O) groups is 1. The largest absolute Gasteiger partial charge is 0.497 e. The third-order valence-electron chi connectivity index (χ3n) is 6.04. The summed E-state index contributed by atoms with van der Waals surface area (Å²) in [7, 11) is 1.65. The molecule has 1 aromatic heterocycles. The molecular weight excluding hydrogens is 388 g/mol. The van der Waals surface area contributed by atoms with Gasteiger partial charge in [-0.3, -0.25) is 0 Å². The number of carboxylic acid groups (broad SMARTS) is 1. The minimum Gasteiger partial charge on any atom is -0.497 e. The number of benzene rings is 2. The molecule has 3 aromatic rings. The van der Waals surface area contributed by atoms with Crippen LogP contribution in [0, 0.1) is 34.6 Å². The molecule has 0 radical (unpaired) electrons. The molecule has 0 spiro atoms. The van der Waals surface area contributed by atoms with Gasteiger partial charge in [-0.25, -0.2) is 4.79 Å². The second kappa shape index (κ2) is 9.40. The van der Waals surface area contributed by atoms with Gasteiger partial charge >= 0.3 is 5.97 Å². The standard InChI is InChI=1S/C26H32N2O3/c1-16-10-17(2)23(18(3)11-16)13-27-14-24-19(4)28(20(5)25(24)26(29)30)15-21-8-7-9-22(12-21)31-6/h7-12,27H,13-15H2,1-6H3,(H,29,30). The molecule has 2 aromatic carbocycles. The first kappa shape index (κ1) is 22.6. The zero-order valence-corrected chi connectivity index (χ0v) is 19.3.